The van der Waals surface area contributed by atoms with E-state index in [0.717, 1.165) is 43.7 Å². The van der Waals surface area contributed by atoms with Crippen LogP contribution in [0.15, 0.2) is 36.4 Å². The molecule has 0 spiro atoms. The van der Waals surface area contributed by atoms with Gasteiger partial charge in [-0.2, -0.15) is 4.37 Å². The number of aryl methyl sites for hydroxylation is 1. The Bertz CT molecular complexity index is 645. The fourth-order valence-electron chi connectivity index (χ4n) is 3.24. The van der Waals surface area contributed by atoms with Gasteiger partial charge in [-0.15, -0.1) is 0 Å². The van der Waals surface area contributed by atoms with Gasteiger partial charge in [0.1, 0.15) is 0 Å². The quantitative estimate of drug-likeness (QED) is 0.943. The summed E-state index contributed by atoms with van der Waals surface area (Å²) in [5, 5.41) is 0. The lowest BCUT2D eigenvalue weighted by molar-refractivity contribution is -0.125. The molecule has 1 saturated heterocycles. The highest BCUT2D eigenvalue weighted by Gasteiger charge is 2.41. The molecule has 1 aliphatic heterocycles. The summed E-state index contributed by atoms with van der Waals surface area (Å²) < 4.78 is 4.33. The number of primary amides is 1. The van der Waals surface area contributed by atoms with Crippen molar-refractivity contribution >= 4 is 17.4 Å². The lowest BCUT2D eigenvalue weighted by Crippen LogP contribution is -2.49. The number of carbonyl (C=O) groups is 1. The summed E-state index contributed by atoms with van der Waals surface area (Å²) in [5.41, 5.74) is 7.39. The van der Waals surface area contributed by atoms with Crippen LogP contribution in [0.25, 0.3) is 0 Å². The van der Waals surface area contributed by atoms with Crippen LogP contribution in [-0.4, -0.2) is 28.3 Å². The van der Waals surface area contributed by atoms with E-state index < -0.39 is 5.41 Å². The first-order chi connectivity index (χ1) is 10.6. The minimum absolute atomic E-state index is 0.202. The van der Waals surface area contributed by atoms with Gasteiger partial charge in [0.15, 0.2) is 0 Å². The Hall–Kier alpha value is -1.72. The van der Waals surface area contributed by atoms with Gasteiger partial charge < -0.3 is 5.73 Å². The minimum atomic E-state index is -0.513. The van der Waals surface area contributed by atoms with E-state index in [2.05, 4.69) is 15.3 Å². The van der Waals surface area contributed by atoms with Crippen LogP contribution in [0.1, 0.15) is 29.0 Å². The predicted octanol–water partition coefficient (Wildman–Crippen LogP) is 2.47. The van der Waals surface area contributed by atoms with Gasteiger partial charge in [0.05, 0.1) is 11.1 Å². The van der Waals surface area contributed by atoms with Gasteiger partial charge in [0.25, 0.3) is 0 Å². The van der Waals surface area contributed by atoms with Crippen molar-refractivity contribution in [2.45, 2.75) is 31.7 Å². The Labute approximate surface area is 135 Å². The highest BCUT2D eigenvalue weighted by Crippen LogP contribution is 2.35. The summed E-state index contributed by atoms with van der Waals surface area (Å²) in [4.78, 5) is 15.8. The van der Waals surface area contributed by atoms with Crippen LogP contribution >= 0.6 is 11.5 Å². The van der Waals surface area contributed by atoms with Crippen LogP contribution < -0.4 is 5.73 Å². The van der Waals surface area contributed by atoms with Crippen molar-refractivity contribution in [2.24, 2.45) is 5.73 Å². The normalized spacial score (nSPS) is 18.2. The molecule has 1 aliphatic rings. The van der Waals surface area contributed by atoms with Crippen molar-refractivity contribution in [3.63, 3.8) is 0 Å². The molecule has 0 aliphatic carbocycles. The monoisotopic (exact) mass is 315 g/mol. The summed E-state index contributed by atoms with van der Waals surface area (Å²) in [6, 6.07) is 12.1. The molecule has 2 aromatic rings. The number of amides is 1. The summed E-state index contributed by atoms with van der Waals surface area (Å²) >= 11 is 1.56. The van der Waals surface area contributed by atoms with Crippen LogP contribution in [0.5, 0.6) is 0 Å². The number of nitrogens with zero attached hydrogens (tertiary/aromatic N) is 2. The summed E-state index contributed by atoms with van der Waals surface area (Å²) in [5.74, 6) is -0.202. The minimum Gasteiger partial charge on any atom is -0.369 e. The van der Waals surface area contributed by atoms with E-state index in [1.807, 2.05) is 37.3 Å². The molecular formula is C17H21N3OS. The van der Waals surface area contributed by atoms with Crippen molar-refractivity contribution in [3.8, 4) is 0 Å². The maximum absolute atomic E-state index is 12.1. The van der Waals surface area contributed by atoms with Crippen molar-refractivity contribution in [3.05, 3.63) is 52.5 Å². The summed E-state index contributed by atoms with van der Waals surface area (Å²) in [6.45, 7) is 4.70. The van der Waals surface area contributed by atoms with Gasteiger partial charge in [-0.3, -0.25) is 9.69 Å². The first-order valence-electron chi connectivity index (χ1n) is 7.60. The zero-order valence-corrected chi connectivity index (χ0v) is 13.6. The van der Waals surface area contributed by atoms with E-state index in [1.165, 1.54) is 4.88 Å². The Kier molecular flexibility index (Phi) is 4.27. The number of aromatic nitrogens is 1. The first-order valence-corrected chi connectivity index (χ1v) is 8.37. The zero-order chi connectivity index (χ0) is 15.6. The Morgan fingerprint density at radius 3 is 2.55 bits per heavy atom. The molecule has 1 fully saturated rings. The molecule has 22 heavy (non-hydrogen) atoms. The van der Waals surface area contributed by atoms with E-state index in [4.69, 9.17) is 5.73 Å². The van der Waals surface area contributed by atoms with E-state index in [1.54, 1.807) is 11.5 Å². The number of nitrogens with two attached hydrogens (primary N) is 1. The van der Waals surface area contributed by atoms with Crippen LogP contribution in [-0.2, 0) is 16.8 Å². The Morgan fingerprint density at radius 1 is 1.32 bits per heavy atom. The average Bonchev–Trinajstić information content (AvgIpc) is 2.94. The number of hydrogen-bond acceptors (Lipinski definition) is 4. The second-order valence-electron chi connectivity index (χ2n) is 6.02. The third-order valence-corrected chi connectivity index (χ3v) is 5.42. The van der Waals surface area contributed by atoms with Gasteiger partial charge in [-0.1, -0.05) is 30.3 Å². The summed E-state index contributed by atoms with van der Waals surface area (Å²) in [7, 11) is 0. The fraction of sp³-hybridized carbons (Fsp3) is 0.412. The zero-order valence-electron chi connectivity index (χ0n) is 12.8. The lowest BCUT2D eigenvalue weighted by atomic mass is 9.72. The van der Waals surface area contributed by atoms with Crippen LogP contribution in [0.4, 0.5) is 0 Å². The highest BCUT2D eigenvalue weighted by molar-refractivity contribution is 7.05. The molecule has 2 heterocycles. The predicted molar refractivity (Wildman–Crippen MR) is 88.7 cm³/mol. The molecule has 0 radical (unpaired) electrons. The third-order valence-electron chi connectivity index (χ3n) is 4.56. The molecule has 1 aromatic heterocycles. The van der Waals surface area contributed by atoms with Gasteiger partial charge in [0.2, 0.25) is 5.91 Å². The number of benzene rings is 1. The van der Waals surface area contributed by atoms with Gasteiger partial charge in [-0.25, -0.2) is 0 Å². The fourth-order valence-corrected chi connectivity index (χ4v) is 4.02. The molecule has 0 saturated carbocycles. The van der Waals surface area contributed by atoms with Crippen molar-refractivity contribution < 1.29 is 4.79 Å². The van der Waals surface area contributed by atoms with Crippen LogP contribution in [0.2, 0.25) is 0 Å². The number of rotatable bonds is 4. The third kappa shape index (κ3) is 2.91. The molecule has 2 N–H and O–H groups in total. The van der Waals surface area contributed by atoms with Crippen LogP contribution in [0, 0.1) is 6.92 Å². The molecule has 3 rings (SSSR count). The number of piperidine rings is 1. The second kappa shape index (κ2) is 6.18. The molecule has 0 atom stereocenters. The molecule has 5 heteroatoms. The molecule has 1 amide bonds. The molecule has 1 aromatic carbocycles. The van der Waals surface area contributed by atoms with Gasteiger partial charge in [-0.05, 0) is 56.0 Å². The molecule has 4 nitrogen and oxygen atoms in total. The van der Waals surface area contributed by atoms with E-state index in [-0.39, 0.29) is 5.91 Å². The number of carbonyl (C=O) groups excluding carboxylic acids is 1. The van der Waals surface area contributed by atoms with Crippen LogP contribution in [0.3, 0.4) is 0 Å². The summed E-state index contributed by atoms with van der Waals surface area (Å²) in [6.07, 6.45) is 1.56. The smallest absolute Gasteiger partial charge is 0.228 e. The standard InChI is InChI=1S/C17H21N3OS/c1-13-11-15(22-19-13)12-20-9-7-17(8-10-20,16(18)21)14-5-3-2-4-6-14/h2-6,11H,7-10,12H2,1H3,(H2,18,21). The number of likely N-dealkylation sites (tertiary alicyclic amines) is 1. The molecular weight excluding hydrogens is 294 g/mol. The van der Waals surface area contributed by atoms with E-state index >= 15 is 0 Å². The van der Waals surface area contributed by atoms with E-state index in [0.29, 0.717) is 0 Å². The highest BCUT2D eigenvalue weighted by atomic mass is 32.1. The Balaban J connectivity index is 1.72. The topological polar surface area (TPSA) is 59.2 Å². The molecule has 116 valence electrons. The SMILES string of the molecule is Cc1cc(CN2CCC(C(N)=O)(c3ccccc3)CC2)sn1. The average molecular weight is 315 g/mol. The largest absolute Gasteiger partial charge is 0.369 e. The maximum Gasteiger partial charge on any atom is 0.228 e. The Morgan fingerprint density at radius 2 is 2.00 bits per heavy atom. The molecule has 0 unspecified atom stereocenters. The first kappa shape index (κ1) is 15.2. The number of hydrogen-bond donors (Lipinski definition) is 1. The molecule has 0 bridgehead atoms. The van der Waals surface area contributed by atoms with Gasteiger partial charge >= 0.3 is 0 Å². The van der Waals surface area contributed by atoms with Crippen molar-refractivity contribution in [1.82, 2.24) is 9.27 Å². The van der Waals surface area contributed by atoms with E-state index in [9.17, 15) is 4.79 Å². The van der Waals surface area contributed by atoms with Crippen molar-refractivity contribution in [2.75, 3.05) is 13.1 Å². The maximum atomic E-state index is 12.1. The van der Waals surface area contributed by atoms with Gasteiger partial charge in [0, 0.05) is 11.4 Å². The lowest BCUT2D eigenvalue weighted by Gasteiger charge is -2.39. The van der Waals surface area contributed by atoms with Crippen molar-refractivity contribution in [1.29, 1.82) is 0 Å². The second-order valence-corrected chi connectivity index (χ2v) is 6.91.